The van der Waals surface area contributed by atoms with E-state index in [0.29, 0.717) is 23.8 Å². The molecule has 3 atom stereocenters. The number of nitrogens with one attached hydrogen (secondary N) is 1. The molecule has 1 heterocycles. The van der Waals surface area contributed by atoms with Crippen molar-refractivity contribution in [3.05, 3.63) is 29.8 Å². The fourth-order valence-corrected chi connectivity index (χ4v) is 3.32. The molecule has 1 saturated heterocycles. The Balaban J connectivity index is 0.00000364. The number of nitrogens with two attached hydrogens (primary N) is 1. The second-order valence-corrected chi connectivity index (χ2v) is 7.47. The van der Waals surface area contributed by atoms with Crippen LogP contribution >= 0.6 is 12.4 Å². The minimum absolute atomic E-state index is 0. The molecule has 0 radical (unpaired) electrons. The number of hydrogen-bond acceptors (Lipinski definition) is 4. The summed E-state index contributed by atoms with van der Waals surface area (Å²) in [5.74, 6) is 0.735. The van der Waals surface area contributed by atoms with E-state index in [-0.39, 0.29) is 36.2 Å². The number of hydrogen-bond donors (Lipinski definition) is 2. The Bertz CT molecular complexity index is 619. The van der Waals surface area contributed by atoms with Crippen LogP contribution in [-0.2, 0) is 4.79 Å². The smallest absolute Gasteiger partial charge is 0.251 e. The van der Waals surface area contributed by atoms with E-state index in [1.165, 1.54) is 0 Å². The summed E-state index contributed by atoms with van der Waals surface area (Å²) in [6, 6.07) is 6.39. The molecule has 0 spiro atoms. The van der Waals surface area contributed by atoms with Crippen molar-refractivity contribution in [2.45, 2.75) is 45.7 Å². The van der Waals surface area contributed by atoms with Crippen LogP contribution < -0.4 is 15.8 Å². The highest BCUT2D eigenvalue weighted by molar-refractivity contribution is 5.97. The highest BCUT2D eigenvalue weighted by Crippen LogP contribution is 2.21. The van der Waals surface area contributed by atoms with Gasteiger partial charge < -0.3 is 20.7 Å². The highest BCUT2D eigenvalue weighted by Gasteiger charge is 2.32. The first-order valence-electron chi connectivity index (χ1n) is 9.32. The largest absolute Gasteiger partial charge is 0.497 e. The second-order valence-electron chi connectivity index (χ2n) is 7.47. The molecule has 1 aromatic carbocycles. The number of likely N-dealkylation sites (tertiary alicyclic amines) is 1. The normalized spacial score (nSPS) is 19.0. The molecule has 1 aliphatic rings. The summed E-state index contributed by atoms with van der Waals surface area (Å²) in [4.78, 5) is 27.5. The van der Waals surface area contributed by atoms with Crippen molar-refractivity contribution < 1.29 is 14.3 Å². The van der Waals surface area contributed by atoms with Gasteiger partial charge in [-0.2, -0.15) is 0 Å². The first-order chi connectivity index (χ1) is 12.3. The van der Waals surface area contributed by atoms with Crippen LogP contribution in [0.25, 0.3) is 0 Å². The summed E-state index contributed by atoms with van der Waals surface area (Å²) in [6.07, 6.45) is 2.00. The van der Waals surface area contributed by atoms with Gasteiger partial charge in [-0.25, -0.2) is 0 Å². The highest BCUT2D eigenvalue weighted by atomic mass is 35.5. The predicted octanol–water partition coefficient (Wildman–Crippen LogP) is 2.46. The molecule has 152 valence electrons. The van der Waals surface area contributed by atoms with Gasteiger partial charge in [0, 0.05) is 24.7 Å². The summed E-state index contributed by atoms with van der Waals surface area (Å²) in [7, 11) is 1.58. The Morgan fingerprint density at radius 3 is 2.37 bits per heavy atom. The number of carbonyl (C=O) groups is 2. The zero-order chi connectivity index (χ0) is 19.3. The summed E-state index contributed by atoms with van der Waals surface area (Å²) < 4.78 is 5.11. The maximum Gasteiger partial charge on any atom is 0.251 e. The SMILES string of the molecule is COc1ccc(C(=O)NC(C(=O)N2CCCC(C(C)N)C2)C(C)C)cc1.Cl. The third kappa shape index (κ3) is 6.11. The monoisotopic (exact) mass is 397 g/mol. The lowest BCUT2D eigenvalue weighted by atomic mass is 9.91. The molecule has 1 aromatic rings. The van der Waals surface area contributed by atoms with Crippen LogP contribution in [0.2, 0.25) is 0 Å². The number of nitrogens with zero attached hydrogens (tertiary/aromatic N) is 1. The Morgan fingerprint density at radius 2 is 1.85 bits per heavy atom. The van der Waals surface area contributed by atoms with E-state index in [0.717, 1.165) is 19.4 Å². The van der Waals surface area contributed by atoms with Gasteiger partial charge in [0.1, 0.15) is 11.8 Å². The number of benzene rings is 1. The fourth-order valence-electron chi connectivity index (χ4n) is 3.32. The number of amides is 2. The van der Waals surface area contributed by atoms with Crippen LogP contribution in [0, 0.1) is 11.8 Å². The Morgan fingerprint density at radius 1 is 1.22 bits per heavy atom. The lowest BCUT2D eigenvalue weighted by molar-refractivity contribution is -0.136. The van der Waals surface area contributed by atoms with Gasteiger partial charge in [0.2, 0.25) is 5.91 Å². The Kier molecular flexibility index (Phi) is 9.06. The van der Waals surface area contributed by atoms with Crippen molar-refractivity contribution in [2.24, 2.45) is 17.6 Å². The van der Waals surface area contributed by atoms with Crippen LogP contribution in [0.15, 0.2) is 24.3 Å². The topological polar surface area (TPSA) is 84.7 Å². The molecule has 7 heteroatoms. The van der Waals surface area contributed by atoms with Gasteiger partial charge >= 0.3 is 0 Å². The number of carbonyl (C=O) groups excluding carboxylic acids is 2. The summed E-state index contributed by atoms with van der Waals surface area (Å²) in [5.41, 5.74) is 6.54. The first kappa shape index (κ1) is 23.2. The molecule has 0 aliphatic carbocycles. The van der Waals surface area contributed by atoms with E-state index in [2.05, 4.69) is 5.32 Å². The molecule has 3 N–H and O–H groups in total. The third-order valence-corrected chi connectivity index (χ3v) is 5.08. The molecule has 6 nitrogen and oxygen atoms in total. The standard InChI is InChI=1S/C20H31N3O3.ClH/c1-13(2)18(20(25)23-11-5-6-16(12-23)14(3)21)22-19(24)15-7-9-17(26-4)10-8-15;/h7-10,13-14,16,18H,5-6,11-12,21H2,1-4H3,(H,22,24);1H. The minimum atomic E-state index is -0.545. The van der Waals surface area contributed by atoms with Crippen LogP contribution in [0.1, 0.15) is 44.0 Å². The average molecular weight is 398 g/mol. The predicted molar refractivity (Wildman–Crippen MR) is 109 cm³/mol. The molecular formula is C20H32ClN3O3. The second kappa shape index (κ2) is 10.5. The molecule has 2 rings (SSSR count). The number of halogens is 1. The van der Waals surface area contributed by atoms with Crippen molar-refractivity contribution in [3.8, 4) is 5.75 Å². The number of piperidine rings is 1. The van der Waals surface area contributed by atoms with E-state index < -0.39 is 6.04 Å². The van der Waals surface area contributed by atoms with E-state index >= 15 is 0 Å². The van der Waals surface area contributed by atoms with Gasteiger partial charge in [-0.05, 0) is 55.9 Å². The lowest BCUT2D eigenvalue weighted by Crippen LogP contribution is -2.54. The van der Waals surface area contributed by atoms with Crippen LogP contribution in [0.4, 0.5) is 0 Å². The van der Waals surface area contributed by atoms with Gasteiger partial charge in [0.15, 0.2) is 0 Å². The van der Waals surface area contributed by atoms with Crippen molar-refractivity contribution >= 4 is 24.2 Å². The van der Waals surface area contributed by atoms with Gasteiger partial charge in [-0.1, -0.05) is 13.8 Å². The van der Waals surface area contributed by atoms with E-state index in [1.807, 2.05) is 25.7 Å². The van der Waals surface area contributed by atoms with Crippen LogP contribution in [0.3, 0.4) is 0 Å². The molecule has 0 aromatic heterocycles. The first-order valence-corrected chi connectivity index (χ1v) is 9.32. The zero-order valence-corrected chi connectivity index (χ0v) is 17.4. The van der Waals surface area contributed by atoms with Gasteiger partial charge in [0.05, 0.1) is 7.11 Å². The van der Waals surface area contributed by atoms with Crippen molar-refractivity contribution in [3.63, 3.8) is 0 Å². The summed E-state index contributed by atoms with van der Waals surface area (Å²) in [5, 5.41) is 2.91. The summed E-state index contributed by atoms with van der Waals surface area (Å²) >= 11 is 0. The molecule has 1 aliphatic heterocycles. The number of methoxy groups -OCH3 is 1. The Hall–Kier alpha value is -1.79. The van der Waals surface area contributed by atoms with Crippen LogP contribution in [0.5, 0.6) is 5.75 Å². The average Bonchev–Trinajstić information content (AvgIpc) is 2.65. The van der Waals surface area contributed by atoms with Crippen LogP contribution in [-0.4, -0.2) is 49.0 Å². The molecule has 2 amide bonds. The van der Waals surface area contributed by atoms with E-state index in [9.17, 15) is 9.59 Å². The zero-order valence-electron chi connectivity index (χ0n) is 16.6. The number of rotatable bonds is 6. The minimum Gasteiger partial charge on any atom is -0.497 e. The van der Waals surface area contributed by atoms with Gasteiger partial charge in [-0.3, -0.25) is 9.59 Å². The molecule has 0 saturated carbocycles. The lowest BCUT2D eigenvalue weighted by Gasteiger charge is -2.37. The maximum atomic E-state index is 13.0. The molecular weight excluding hydrogens is 366 g/mol. The molecule has 0 bridgehead atoms. The quantitative estimate of drug-likeness (QED) is 0.772. The maximum absolute atomic E-state index is 13.0. The van der Waals surface area contributed by atoms with E-state index in [1.54, 1.807) is 31.4 Å². The molecule has 27 heavy (non-hydrogen) atoms. The van der Waals surface area contributed by atoms with Gasteiger partial charge in [0.25, 0.3) is 5.91 Å². The fraction of sp³-hybridized carbons (Fsp3) is 0.600. The number of ether oxygens (including phenoxy) is 1. The molecule has 3 unspecified atom stereocenters. The van der Waals surface area contributed by atoms with Gasteiger partial charge in [-0.15, -0.1) is 12.4 Å². The Labute approximate surface area is 168 Å². The van der Waals surface area contributed by atoms with Crippen molar-refractivity contribution in [1.29, 1.82) is 0 Å². The van der Waals surface area contributed by atoms with Crippen molar-refractivity contribution in [1.82, 2.24) is 10.2 Å². The van der Waals surface area contributed by atoms with E-state index in [4.69, 9.17) is 10.5 Å². The van der Waals surface area contributed by atoms with Crippen molar-refractivity contribution in [2.75, 3.05) is 20.2 Å². The third-order valence-electron chi connectivity index (χ3n) is 5.08. The summed E-state index contributed by atoms with van der Waals surface area (Å²) in [6.45, 7) is 7.28. The molecule has 1 fully saturated rings.